The van der Waals surface area contributed by atoms with Crippen LogP contribution in [0.2, 0.25) is 0 Å². The van der Waals surface area contributed by atoms with Gasteiger partial charge < -0.3 is 20.7 Å². The molecule has 0 bridgehead atoms. The number of anilines is 2. The Balaban J connectivity index is 1.61. The maximum absolute atomic E-state index is 11.6. The Bertz CT molecular complexity index is 526. The van der Waals surface area contributed by atoms with Crippen LogP contribution in [0.4, 0.5) is 16.2 Å². The molecule has 3 N–H and O–H groups in total. The lowest BCUT2D eigenvalue weighted by Gasteiger charge is -2.18. The van der Waals surface area contributed by atoms with Crippen LogP contribution in [-0.2, 0) is 4.79 Å². The summed E-state index contributed by atoms with van der Waals surface area (Å²) in [5.74, 6) is 1.04. The van der Waals surface area contributed by atoms with Crippen molar-refractivity contribution in [2.45, 2.75) is 12.8 Å². The second kappa shape index (κ2) is 4.79. The van der Waals surface area contributed by atoms with Gasteiger partial charge in [0.2, 0.25) is 0 Å². The molecule has 0 unspecified atom stereocenters. The molecule has 1 aliphatic carbocycles. The molecule has 3 amide bonds. The van der Waals surface area contributed by atoms with E-state index >= 15 is 0 Å². The fraction of sp³-hybridized carbons (Fsp3) is 0.385. The molecule has 6 heteroatoms. The minimum absolute atomic E-state index is 0.00430. The number of nitrogens with one attached hydrogen (secondary N) is 3. The van der Waals surface area contributed by atoms with Crippen LogP contribution in [0.5, 0.6) is 5.75 Å². The zero-order valence-electron chi connectivity index (χ0n) is 10.4. The summed E-state index contributed by atoms with van der Waals surface area (Å²) in [6, 6.07) is 4.92. The average Bonchev–Trinajstić information content (AvgIpc) is 3.21. The monoisotopic (exact) mass is 261 g/mol. The van der Waals surface area contributed by atoms with E-state index in [1.54, 1.807) is 18.2 Å². The van der Waals surface area contributed by atoms with Crippen LogP contribution in [-0.4, -0.2) is 25.1 Å². The second-order valence-electron chi connectivity index (χ2n) is 4.83. The van der Waals surface area contributed by atoms with Crippen molar-refractivity contribution in [3.8, 4) is 5.75 Å². The van der Waals surface area contributed by atoms with Crippen LogP contribution in [0.1, 0.15) is 12.8 Å². The maximum atomic E-state index is 11.6. The first-order valence-corrected chi connectivity index (χ1v) is 6.32. The Morgan fingerprint density at radius 3 is 3.05 bits per heavy atom. The SMILES string of the molecule is O=C1COc2cc(NC(=O)NCC3CC3)ccc2N1. The molecular formula is C13H15N3O3. The predicted molar refractivity (Wildman–Crippen MR) is 70.3 cm³/mol. The van der Waals surface area contributed by atoms with E-state index in [-0.39, 0.29) is 18.5 Å². The summed E-state index contributed by atoms with van der Waals surface area (Å²) in [4.78, 5) is 22.8. The quantitative estimate of drug-likeness (QED) is 0.772. The summed E-state index contributed by atoms with van der Waals surface area (Å²) in [7, 11) is 0. The van der Waals surface area contributed by atoms with Crippen LogP contribution in [0.3, 0.4) is 0 Å². The third kappa shape index (κ3) is 2.96. The lowest BCUT2D eigenvalue weighted by atomic mass is 10.2. The minimum atomic E-state index is -0.216. The number of carbonyl (C=O) groups is 2. The molecule has 0 saturated heterocycles. The number of fused-ring (bicyclic) bond motifs is 1. The molecule has 1 saturated carbocycles. The number of ether oxygens (including phenoxy) is 1. The van der Waals surface area contributed by atoms with Gasteiger partial charge in [-0.25, -0.2) is 4.79 Å². The molecule has 0 aromatic heterocycles. The summed E-state index contributed by atoms with van der Waals surface area (Å²) < 4.78 is 5.28. The third-order valence-electron chi connectivity index (χ3n) is 3.12. The molecular weight excluding hydrogens is 246 g/mol. The van der Waals surface area contributed by atoms with Gasteiger partial charge in [0.1, 0.15) is 5.75 Å². The van der Waals surface area contributed by atoms with E-state index in [4.69, 9.17) is 4.74 Å². The van der Waals surface area contributed by atoms with Crippen molar-refractivity contribution in [2.24, 2.45) is 5.92 Å². The minimum Gasteiger partial charge on any atom is -0.482 e. The first-order chi connectivity index (χ1) is 9.20. The number of rotatable bonds is 3. The number of hydrogen-bond acceptors (Lipinski definition) is 3. The van der Waals surface area contributed by atoms with Crippen molar-refractivity contribution in [2.75, 3.05) is 23.8 Å². The summed E-state index contributed by atoms with van der Waals surface area (Å²) >= 11 is 0. The molecule has 1 heterocycles. The summed E-state index contributed by atoms with van der Waals surface area (Å²) in [5.41, 5.74) is 1.27. The van der Waals surface area contributed by atoms with Gasteiger partial charge in [0, 0.05) is 18.3 Å². The van der Waals surface area contributed by atoms with Gasteiger partial charge in [0.25, 0.3) is 5.91 Å². The molecule has 1 aromatic carbocycles. The maximum Gasteiger partial charge on any atom is 0.319 e. The van der Waals surface area contributed by atoms with E-state index < -0.39 is 0 Å². The predicted octanol–water partition coefficient (Wildman–Crippen LogP) is 1.55. The molecule has 1 aromatic rings. The number of hydrogen-bond donors (Lipinski definition) is 3. The van der Waals surface area contributed by atoms with E-state index in [2.05, 4.69) is 16.0 Å². The molecule has 2 aliphatic rings. The second-order valence-corrected chi connectivity index (χ2v) is 4.83. The van der Waals surface area contributed by atoms with Crippen LogP contribution < -0.4 is 20.7 Å². The normalized spacial score (nSPS) is 16.9. The zero-order chi connectivity index (χ0) is 13.2. The standard InChI is InChI=1S/C13H15N3O3/c17-12-7-19-11-5-9(3-4-10(11)16-12)15-13(18)14-6-8-1-2-8/h3-5,8H,1-2,6-7H2,(H,16,17)(H2,14,15,18). The van der Waals surface area contributed by atoms with Gasteiger partial charge in [0.05, 0.1) is 5.69 Å². The summed E-state index contributed by atoms with van der Waals surface area (Å²) in [6.45, 7) is 0.730. The van der Waals surface area contributed by atoms with Gasteiger partial charge in [-0.05, 0) is 30.9 Å². The Morgan fingerprint density at radius 2 is 2.26 bits per heavy atom. The fourth-order valence-corrected chi connectivity index (χ4v) is 1.89. The third-order valence-corrected chi connectivity index (χ3v) is 3.12. The smallest absolute Gasteiger partial charge is 0.319 e. The number of amides is 3. The van der Waals surface area contributed by atoms with Crippen LogP contribution in [0.15, 0.2) is 18.2 Å². The first-order valence-electron chi connectivity index (χ1n) is 6.32. The van der Waals surface area contributed by atoms with E-state index in [1.165, 1.54) is 12.8 Å². The van der Waals surface area contributed by atoms with Crippen molar-refractivity contribution in [1.29, 1.82) is 0 Å². The molecule has 0 atom stereocenters. The van der Waals surface area contributed by atoms with Crippen LogP contribution in [0.25, 0.3) is 0 Å². The van der Waals surface area contributed by atoms with Crippen LogP contribution >= 0.6 is 0 Å². The Kier molecular flexibility index (Phi) is 2.98. The molecule has 3 rings (SSSR count). The van der Waals surface area contributed by atoms with Gasteiger partial charge in [-0.1, -0.05) is 0 Å². The number of carbonyl (C=O) groups excluding carboxylic acids is 2. The van der Waals surface area contributed by atoms with E-state index in [9.17, 15) is 9.59 Å². The van der Waals surface area contributed by atoms with Gasteiger partial charge in [-0.15, -0.1) is 0 Å². The van der Waals surface area contributed by atoms with Crippen molar-refractivity contribution in [1.82, 2.24) is 5.32 Å². The molecule has 19 heavy (non-hydrogen) atoms. The highest BCUT2D eigenvalue weighted by molar-refractivity contribution is 5.96. The molecule has 1 fully saturated rings. The Hall–Kier alpha value is -2.24. The Morgan fingerprint density at radius 1 is 1.42 bits per heavy atom. The van der Waals surface area contributed by atoms with Crippen molar-refractivity contribution in [3.05, 3.63) is 18.2 Å². The van der Waals surface area contributed by atoms with Crippen molar-refractivity contribution >= 4 is 23.3 Å². The summed E-state index contributed by atoms with van der Waals surface area (Å²) in [5, 5.41) is 8.26. The molecule has 0 radical (unpaired) electrons. The van der Waals surface area contributed by atoms with Gasteiger partial charge in [-0.2, -0.15) is 0 Å². The highest BCUT2D eigenvalue weighted by Gasteiger charge is 2.21. The first kappa shape index (κ1) is 11.8. The molecule has 1 aliphatic heterocycles. The van der Waals surface area contributed by atoms with Gasteiger partial charge in [-0.3, -0.25) is 4.79 Å². The largest absolute Gasteiger partial charge is 0.482 e. The number of urea groups is 1. The van der Waals surface area contributed by atoms with E-state index in [0.717, 1.165) is 6.54 Å². The molecule has 0 spiro atoms. The van der Waals surface area contributed by atoms with Crippen LogP contribution in [0, 0.1) is 5.92 Å². The zero-order valence-corrected chi connectivity index (χ0v) is 10.4. The Labute approximate surface area is 110 Å². The van der Waals surface area contributed by atoms with E-state index in [1.807, 2.05) is 0 Å². The average molecular weight is 261 g/mol. The van der Waals surface area contributed by atoms with Crippen molar-refractivity contribution in [3.63, 3.8) is 0 Å². The van der Waals surface area contributed by atoms with Gasteiger partial charge in [0.15, 0.2) is 6.61 Å². The fourth-order valence-electron chi connectivity index (χ4n) is 1.89. The van der Waals surface area contributed by atoms with Crippen molar-refractivity contribution < 1.29 is 14.3 Å². The lowest BCUT2D eigenvalue weighted by molar-refractivity contribution is -0.118. The summed E-state index contributed by atoms with van der Waals surface area (Å²) in [6.07, 6.45) is 2.40. The molecule has 6 nitrogen and oxygen atoms in total. The lowest BCUT2D eigenvalue weighted by Crippen LogP contribution is -2.30. The van der Waals surface area contributed by atoms with Gasteiger partial charge >= 0.3 is 6.03 Å². The highest BCUT2D eigenvalue weighted by atomic mass is 16.5. The van der Waals surface area contributed by atoms with E-state index in [0.29, 0.717) is 23.0 Å². The highest BCUT2D eigenvalue weighted by Crippen LogP contribution is 2.30. The molecule has 100 valence electrons. The topological polar surface area (TPSA) is 79.5 Å². The number of benzene rings is 1.